The topological polar surface area (TPSA) is 179 Å². The molecule has 0 bridgehead atoms. The lowest BCUT2D eigenvalue weighted by atomic mass is 9.95. The lowest BCUT2D eigenvalue weighted by Crippen LogP contribution is -2.67. The van der Waals surface area contributed by atoms with Crippen LogP contribution in [0.2, 0.25) is 0 Å². The zero-order valence-electron chi connectivity index (χ0n) is 30.5. The summed E-state index contributed by atoms with van der Waals surface area (Å²) in [6.45, 7) is 4.01. The van der Waals surface area contributed by atoms with Crippen LogP contribution in [-0.2, 0) is 77.9 Å². The van der Waals surface area contributed by atoms with Crippen molar-refractivity contribution in [2.24, 2.45) is 0 Å². The number of esters is 4. The monoisotopic (exact) mass is 756 g/mol. The maximum absolute atomic E-state index is 12.6. The van der Waals surface area contributed by atoms with Crippen molar-refractivity contribution in [3.05, 3.63) is 65.7 Å². The molecule has 2 aromatic carbocycles. The normalized spacial score (nSPS) is 30.5. The van der Waals surface area contributed by atoms with Crippen LogP contribution in [0.1, 0.15) is 45.1 Å². The van der Waals surface area contributed by atoms with Crippen LogP contribution >= 0.6 is 0 Å². The van der Waals surface area contributed by atoms with E-state index in [1.54, 1.807) is 19.2 Å². The molecule has 0 spiro atoms. The standard InChI is InChI=1S/C38H44O16/c1-7-17-44-37-34(54-38-35(50-24(5)42)33(49-23(4)41)31(48-22(3)40)28(52-38)19-45-21(2)39)32(46-18-25-13-15-27(43-6)16-14-25)30-29(51-37)20-47-36(53-30)26-11-9-8-10-12-26/h1,8-16,28-38H,17-20H2,2-6H3/t28-,29-,30-,31-,32+,33+,34-,35-,36?,37-,38+/m1/s1. The van der Waals surface area contributed by atoms with Gasteiger partial charge in [0.2, 0.25) is 0 Å². The highest BCUT2D eigenvalue weighted by Gasteiger charge is 2.57. The zero-order chi connectivity index (χ0) is 38.8. The van der Waals surface area contributed by atoms with Crippen LogP contribution in [0.3, 0.4) is 0 Å². The van der Waals surface area contributed by atoms with Crippen LogP contribution in [0.5, 0.6) is 5.75 Å². The van der Waals surface area contributed by atoms with Gasteiger partial charge in [-0.05, 0) is 17.7 Å². The van der Waals surface area contributed by atoms with E-state index in [1.807, 2.05) is 42.5 Å². The third-order valence-corrected chi connectivity index (χ3v) is 8.53. The van der Waals surface area contributed by atoms with Crippen LogP contribution in [-0.4, -0.2) is 112 Å². The lowest BCUT2D eigenvalue weighted by Gasteiger charge is -2.51. The van der Waals surface area contributed by atoms with Gasteiger partial charge in [-0.15, -0.1) is 6.42 Å². The van der Waals surface area contributed by atoms with Crippen molar-refractivity contribution < 1.29 is 76.0 Å². The molecule has 0 saturated carbocycles. The van der Waals surface area contributed by atoms with Crippen molar-refractivity contribution in [1.82, 2.24) is 0 Å². The van der Waals surface area contributed by atoms with Crippen molar-refractivity contribution in [2.75, 3.05) is 26.9 Å². The Morgan fingerprint density at radius 1 is 0.741 bits per heavy atom. The van der Waals surface area contributed by atoms with E-state index in [-0.39, 0.29) is 19.8 Å². The number of rotatable bonds is 14. The fourth-order valence-electron chi connectivity index (χ4n) is 6.29. The first-order valence-electron chi connectivity index (χ1n) is 17.2. The molecule has 3 heterocycles. The van der Waals surface area contributed by atoms with Gasteiger partial charge in [0.05, 0.1) is 20.3 Å². The second kappa shape index (κ2) is 19.1. The Balaban J connectivity index is 1.55. The molecule has 5 rings (SSSR count). The number of terminal acetylenes is 1. The predicted octanol–water partition coefficient (Wildman–Crippen LogP) is 2.54. The zero-order valence-corrected chi connectivity index (χ0v) is 30.5. The minimum atomic E-state index is -1.59. The molecule has 2 aromatic rings. The number of carbonyl (C=O) groups excluding carboxylic acids is 4. The summed E-state index contributed by atoms with van der Waals surface area (Å²) in [5.74, 6) is 0.0100. The predicted molar refractivity (Wildman–Crippen MR) is 182 cm³/mol. The van der Waals surface area contributed by atoms with Gasteiger partial charge in [0.1, 0.15) is 49.5 Å². The molecular formula is C38H44O16. The smallest absolute Gasteiger partial charge is 0.303 e. The van der Waals surface area contributed by atoms with Crippen LogP contribution < -0.4 is 4.74 Å². The molecule has 3 saturated heterocycles. The molecule has 0 aliphatic carbocycles. The van der Waals surface area contributed by atoms with Gasteiger partial charge < -0.3 is 56.8 Å². The first kappa shape index (κ1) is 40.6. The minimum absolute atomic E-state index is 0.0540. The summed E-state index contributed by atoms with van der Waals surface area (Å²) in [6.07, 6.45) is -7.59. The van der Waals surface area contributed by atoms with Gasteiger partial charge in [0.25, 0.3) is 0 Å². The van der Waals surface area contributed by atoms with Crippen LogP contribution in [0, 0.1) is 12.3 Å². The summed E-state index contributed by atoms with van der Waals surface area (Å²) >= 11 is 0. The SMILES string of the molecule is C#CCO[C@@H]1O[C@@H]2COC(c3ccccc3)O[C@H]2[C@H](OCc2ccc(OC)cc2)[C@H]1O[C@@H]1O[C@H](COC(C)=O)[C@@H](OC(C)=O)[C@H](OC(C)=O)[C@H]1OC(C)=O. The maximum atomic E-state index is 12.6. The van der Waals surface area contributed by atoms with Crippen molar-refractivity contribution in [3.63, 3.8) is 0 Å². The summed E-state index contributed by atoms with van der Waals surface area (Å²) in [4.78, 5) is 49.2. The molecule has 1 unspecified atom stereocenters. The summed E-state index contributed by atoms with van der Waals surface area (Å²) in [6, 6.07) is 16.5. The van der Waals surface area contributed by atoms with E-state index in [9.17, 15) is 19.2 Å². The van der Waals surface area contributed by atoms with Crippen LogP contribution in [0.4, 0.5) is 0 Å². The van der Waals surface area contributed by atoms with E-state index < -0.39 is 98.2 Å². The molecule has 292 valence electrons. The van der Waals surface area contributed by atoms with Gasteiger partial charge >= 0.3 is 23.9 Å². The molecule has 11 atom stereocenters. The Morgan fingerprint density at radius 2 is 1.41 bits per heavy atom. The van der Waals surface area contributed by atoms with E-state index in [0.29, 0.717) is 5.75 Å². The van der Waals surface area contributed by atoms with Crippen molar-refractivity contribution in [2.45, 2.75) is 102 Å². The minimum Gasteiger partial charge on any atom is -0.497 e. The molecule has 54 heavy (non-hydrogen) atoms. The number of fused-ring (bicyclic) bond motifs is 1. The van der Waals surface area contributed by atoms with Crippen LogP contribution in [0.15, 0.2) is 54.6 Å². The Hall–Kier alpha value is -4.60. The van der Waals surface area contributed by atoms with Gasteiger partial charge in [0, 0.05) is 33.3 Å². The first-order chi connectivity index (χ1) is 26.0. The van der Waals surface area contributed by atoms with E-state index in [4.69, 9.17) is 63.3 Å². The van der Waals surface area contributed by atoms with Gasteiger partial charge in [-0.3, -0.25) is 19.2 Å². The number of ether oxygens (including phenoxy) is 12. The van der Waals surface area contributed by atoms with E-state index >= 15 is 0 Å². The van der Waals surface area contributed by atoms with E-state index in [0.717, 1.165) is 31.9 Å². The quantitative estimate of drug-likeness (QED) is 0.156. The molecule has 16 heteroatoms. The summed E-state index contributed by atoms with van der Waals surface area (Å²) in [5.41, 5.74) is 1.52. The molecule has 0 N–H and O–H groups in total. The highest BCUT2D eigenvalue weighted by atomic mass is 16.8. The summed E-state index contributed by atoms with van der Waals surface area (Å²) in [7, 11) is 1.56. The van der Waals surface area contributed by atoms with E-state index in [2.05, 4.69) is 5.92 Å². The Bertz CT molecular complexity index is 1610. The second-order valence-corrected chi connectivity index (χ2v) is 12.5. The third-order valence-electron chi connectivity index (χ3n) is 8.53. The number of hydrogen-bond acceptors (Lipinski definition) is 16. The Labute approximate surface area is 312 Å². The lowest BCUT2D eigenvalue weighted by molar-refractivity contribution is -0.396. The average Bonchev–Trinajstić information content (AvgIpc) is 3.14. The van der Waals surface area contributed by atoms with Gasteiger partial charge in [-0.2, -0.15) is 0 Å². The summed E-state index contributed by atoms with van der Waals surface area (Å²) in [5, 5.41) is 0. The van der Waals surface area contributed by atoms with Gasteiger partial charge in [-0.1, -0.05) is 48.4 Å². The number of carbonyl (C=O) groups is 4. The Kier molecular flexibility index (Phi) is 14.4. The molecule has 3 aliphatic rings. The third kappa shape index (κ3) is 10.5. The summed E-state index contributed by atoms with van der Waals surface area (Å²) < 4.78 is 71.7. The van der Waals surface area contributed by atoms with Crippen molar-refractivity contribution in [3.8, 4) is 18.1 Å². The highest BCUT2D eigenvalue weighted by Crippen LogP contribution is 2.39. The molecule has 16 nitrogen and oxygen atoms in total. The molecular weight excluding hydrogens is 712 g/mol. The molecule has 3 aliphatic heterocycles. The van der Waals surface area contributed by atoms with E-state index in [1.165, 1.54) is 6.92 Å². The largest absolute Gasteiger partial charge is 0.497 e. The maximum Gasteiger partial charge on any atom is 0.303 e. The Morgan fingerprint density at radius 3 is 2.04 bits per heavy atom. The number of hydrogen-bond donors (Lipinski definition) is 0. The first-order valence-corrected chi connectivity index (χ1v) is 17.2. The van der Waals surface area contributed by atoms with Gasteiger partial charge in [-0.25, -0.2) is 0 Å². The van der Waals surface area contributed by atoms with Gasteiger partial charge in [0.15, 0.2) is 37.2 Å². The molecule has 0 radical (unpaired) electrons. The highest BCUT2D eigenvalue weighted by molar-refractivity contribution is 5.68. The van der Waals surface area contributed by atoms with Crippen molar-refractivity contribution in [1.29, 1.82) is 0 Å². The molecule has 0 amide bonds. The number of methoxy groups -OCH3 is 1. The van der Waals surface area contributed by atoms with Crippen LogP contribution in [0.25, 0.3) is 0 Å². The second-order valence-electron chi connectivity index (χ2n) is 12.5. The fraction of sp³-hybridized carbons (Fsp3) is 0.526. The number of benzene rings is 2. The van der Waals surface area contributed by atoms with Crippen molar-refractivity contribution >= 4 is 23.9 Å². The molecule has 3 fully saturated rings. The molecule has 0 aromatic heterocycles. The fourth-order valence-corrected chi connectivity index (χ4v) is 6.29. The average molecular weight is 757 g/mol.